The number of nitrogens with zero attached hydrogens (tertiary/aromatic N) is 1. The number of halogens is 2. The second-order valence-electron chi connectivity index (χ2n) is 4.39. The van der Waals surface area contributed by atoms with Gasteiger partial charge in [-0.15, -0.1) is 0 Å². The lowest BCUT2D eigenvalue weighted by atomic mass is 10.2. The van der Waals surface area contributed by atoms with Crippen molar-refractivity contribution in [2.24, 2.45) is 0 Å². The third kappa shape index (κ3) is 2.27. The van der Waals surface area contributed by atoms with Gasteiger partial charge in [0.15, 0.2) is 0 Å². The molecule has 2 saturated heterocycles. The molecule has 17 heavy (non-hydrogen) atoms. The van der Waals surface area contributed by atoms with Crippen LogP contribution in [0.4, 0.5) is 8.78 Å². The van der Waals surface area contributed by atoms with E-state index in [9.17, 15) is 23.2 Å². The van der Waals surface area contributed by atoms with Crippen molar-refractivity contribution in [3.05, 3.63) is 0 Å². The van der Waals surface area contributed by atoms with E-state index < -0.39 is 36.9 Å². The van der Waals surface area contributed by atoms with E-state index in [4.69, 9.17) is 0 Å². The van der Waals surface area contributed by atoms with Crippen molar-refractivity contribution in [1.82, 2.24) is 10.2 Å². The van der Waals surface area contributed by atoms with Crippen LogP contribution in [0.3, 0.4) is 0 Å². The van der Waals surface area contributed by atoms with Crippen LogP contribution in [0.2, 0.25) is 0 Å². The highest BCUT2D eigenvalue weighted by molar-refractivity contribution is 5.92. The van der Waals surface area contributed by atoms with Gasteiger partial charge in [0.1, 0.15) is 12.3 Å². The van der Waals surface area contributed by atoms with Crippen LogP contribution in [-0.2, 0) is 14.4 Å². The summed E-state index contributed by atoms with van der Waals surface area (Å²) in [5.41, 5.74) is 0. The summed E-state index contributed by atoms with van der Waals surface area (Å²) in [7, 11) is 0. The van der Waals surface area contributed by atoms with Crippen molar-refractivity contribution >= 4 is 18.1 Å². The Hall–Kier alpha value is -1.53. The molecule has 5 nitrogen and oxygen atoms in total. The van der Waals surface area contributed by atoms with E-state index in [1.165, 1.54) is 0 Å². The summed E-state index contributed by atoms with van der Waals surface area (Å²) in [6.07, 6.45) is 0.232. The van der Waals surface area contributed by atoms with Crippen LogP contribution in [0.25, 0.3) is 0 Å². The molecule has 0 bridgehead atoms. The number of carbonyl (C=O) groups excluding carboxylic acids is 3. The summed E-state index contributed by atoms with van der Waals surface area (Å²) in [6, 6.07) is -1.85. The predicted octanol–water partition coefficient (Wildman–Crippen LogP) is -0.300. The lowest BCUT2D eigenvalue weighted by Crippen LogP contribution is -2.47. The van der Waals surface area contributed by atoms with Crippen LogP contribution < -0.4 is 5.32 Å². The molecule has 0 spiro atoms. The molecule has 2 unspecified atom stereocenters. The fourth-order valence-corrected chi connectivity index (χ4v) is 2.21. The fraction of sp³-hybridized carbons (Fsp3) is 0.700. The van der Waals surface area contributed by atoms with Crippen molar-refractivity contribution < 1.29 is 23.2 Å². The largest absolute Gasteiger partial charge is 0.344 e. The number of alkyl halides is 2. The fourth-order valence-electron chi connectivity index (χ4n) is 2.21. The molecule has 2 amide bonds. The zero-order valence-electron chi connectivity index (χ0n) is 8.99. The van der Waals surface area contributed by atoms with Crippen molar-refractivity contribution in [3.8, 4) is 0 Å². The Morgan fingerprint density at radius 1 is 1.53 bits per heavy atom. The third-order valence-corrected chi connectivity index (χ3v) is 3.04. The number of aldehydes is 1. The lowest BCUT2D eigenvalue weighted by Gasteiger charge is -2.23. The van der Waals surface area contributed by atoms with Crippen LogP contribution >= 0.6 is 0 Å². The van der Waals surface area contributed by atoms with Crippen molar-refractivity contribution in [2.75, 3.05) is 6.54 Å². The number of rotatable bonds is 2. The zero-order valence-corrected chi connectivity index (χ0v) is 8.99. The molecule has 2 fully saturated rings. The highest BCUT2D eigenvalue weighted by atomic mass is 19.3. The number of likely N-dealkylation sites (tertiary alicyclic amines) is 1. The maximum Gasteiger partial charge on any atom is 0.267 e. The summed E-state index contributed by atoms with van der Waals surface area (Å²) in [5, 5.41) is 2.41. The number of hydrogen-bond acceptors (Lipinski definition) is 3. The van der Waals surface area contributed by atoms with Crippen molar-refractivity contribution in [2.45, 2.75) is 37.3 Å². The molecule has 2 aliphatic heterocycles. The van der Waals surface area contributed by atoms with Gasteiger partial charge in [-0.25, -0.2) is 8.78 Å². The molecular formula is C10H12F2N2O3. The molecule has 94 valence electrons. The summed E-state index contributed by atoms with van der Waals surface area (Å²) >= 11 is 0. The Labute approximate surface area is 96.1 Å². The van der Waals surface area contributed by atoms with Gasteiger partial charge in [-0.1, -0.05) is 0 Å². The minimum Gasteiger partial charge on any atom is -0.344 e. The summed E-state index contributed by atoms with van der Waals surface area (Å²) in [4.78, 5) is 34.4. The SMILES string of the molecule is O=CC1CC(F)(F)CN1C(=O)C1CCC(=O)N1. The van der Waals surface area contributed by atoms with Crippen molar-refractivity contribution in [1.29, 1.82) is 0 Å². The molecule has 2 heterocycles. The van der Waals surface area contributed by atoms with Gasteiger partial charge in [0.2, 0.25) is 11.8 Å². The normalized spacial score (nSPS) is 31.4. The van der Waals surface area contributed by atoms with Crippen LogP contribution in [-0.4, -0.2) is 47.6 Å². The highest BCUT2D eigenvalue weighted by Gasteiger charge is 2.48. The molecule has 0 saturated carbocycles. The molecule has 0 aliphatic carbocycles. The Kier molecular flexibility index (Phi) is 2.84. The maximum atomic E-state index is 13.1. The third-order valence-electron chi connectivity index (χ3n) is 3.04. The molecule has 2 rings (SSSR count). The predicted molar refractivity (Wildman–Crippen MR) is 52.3 cm³/mol. The van der Waals surface area contributed by atoms with E-state index in [0.717, 1.165) is 4.90 Å². The van der Waals surface area contributed by atoms with E-state index >= 15 is 0 Å². The molecule has 1 N–H and O–H groups in total. The standard InChI is InChI=1S/C10H12F2N2O3/c11-10(12)3-6(4-15)14(5-10)9(17)7-1-2-8(16)13-7/h4,6-7H,1-3,5H2,(H,13,16). The average molecular weight is 246 g/mol. The summed E-state index contributed by atoms with van der Waals surface area (Å²) in [6.45, 7) is -0.748. The van der Waals surface area contributed by atoms with Gasteiger partial charge in [-0.3, -0.25) is 9.59 Å². The second-order valence-corrected chi connectivity index (χ2v) is 4.39. The van der Waals surface area contributed by atoms with Gasteiger partial charge >= 0.3 is 0 Å². The molecule has 0 aromatic carbocycles. The first kappa shape index (κ1) is 11.9. The monoisotopic (exact) mass is 246 g/mol. The number of amides is 2. The Balaban J connectivity index is 2.08. The molecule has 7 heteroatoms. The smallest absolute Gasteiger partial charge is 0.267 e. The van der Waals surface area contributed by atoms with E-state index in [-0.39, 0.29) is 12.3 Å². The number of carbonyl (C=O) groups is 3. The molecular weight excluding hydrogens is 234 g/mol. The van der Waals surface area contributed by atoms with Crippen LogP contribution in [0.15, 0.2) is 0 Å². The van der Waals surface area contributed by atoms with E-state index in [0.29, 0.717) is 12.7 Å². The highest BCUT2D eigenvalue weighted by Crippen LogP contribution is 2.32. The van der Waals surface area contributed by atoms with Crippen LogP contribution in [0.5, 0.6) is 0 Å². The number of nitrogens with one attached hydrogen (secondary N) is 1. The van der Waals surface area contributed by atoms with Crippen LogP contribution in [0.1, 0.15) is 19.3 Å². The first-order chi connectivity index (χ1) is 7.93. The second kappa shape index (κ2) is 4.05. The van der Waals surface area contributed by atoms with Gasteiger partial charge in [-0.2, -0.15) is 0 Å². The Morgan fingerprint density at radius 2 is 2.24 bits per heavy atom. The van der Waals surface area contributed by atoms with E-state index in [2.05, 4.69) is 5.32 Å². The minimum atomic E-state index is -3.02. The van der Waals surface area contributed by atoms with Gasteiger partial charge in [0.25, 0.3) is 5.92 Å². The topological polar surface area (TPSA) is 66.5 Å². The molecule has 2 atom stereocenters. The molecule has 0 radical (unpaired) electrons. The lowest BCUT2D eigenvalue weighted by molar-refractivity contribution is -0.137. The average Bonchev–Trinajstić information content (AvgIpc) is 2.80. The van der Waals surface area contributed by atoms with E-state index in [1.807, 2.05) is 0 Å². The Morgan fingerprint density at radius 3 is 2.76 bits per heavy atom. The quantitative estimate of drug-likeness (QED) is 0.680. The minimum absolute atomic E-state index is 0.215. The Bertz CT molecular complexity index is 373. The number of hydrogen-bond donors (Lipinski definition) is 1. The van der Waals surface area contributed by atoms with Crippen LogP contribution in [0, 0.1) is 0 Å². The molecule has 2 aliphatic rings. The maximum absolute atomic E-state index is 13.1. The zero-order chi connectivity index (χ0) is 12.6. The van der Waals surface area contributed by atoms with Gasteiger partial charge < -0.3 is 15.0 Å². The molecule has 0 aromatic rings. The van der Waals surface area contributed by atoms with E-state index in [1.54, 1.807) is 0 Å². The van der Waals surface area contributed by atoms with Gasteiger partial charge in [0, 0.05) is 12.8 Å². The van der Waals surface area contributed by atoms with Gasteiger partial charge in [-0.05, 0) is 6.42 Å². The summed E-state index contributed by atoms with van der Waals surface area (Å²) in [5.74, 6) is -3.88. The summed E-state index contributed by atoms with van der Waals surface area (Å²) < 4.78 is 26.2. The first-order valence-electron chi connectivity index (χ1n) is 5.36. The molecule has 0 aromatic heterocycles. The van der Waals surface area contributed by atoms with Crippen molar-refractivity contribution in [3.63, 3.8) is 0 Å². The van der Waals surface area contributed by atoms with Gasteiger partial charge in [0.05, 0.1) is 12.6 Å². The first-order valence-corrected chi connectivity index (χ1v) is 5.36.